The number of hydrogen-bond acceptors (Lipinski definition) is 8. The van der Waals surface area contributed by atoms with Gasteiger partial charge in [-0.1, -0.05) is 24.3 Å². The zero-order valence-electron chi connectivity index (χ0n) is 23.8. The van der Waals surface area contributed by atoms with Crippen LogP contribution < -0.4 is 20.7 Å². The molecule has 2 aromatic rings. The predicted octanol–water partition coefficient (Wildman–Crippen LogP) is 3.01. The molecule has 1 fully saturated rings. The first kappa shape index (κ1) is 30.4. The summed E-state index contributed by atoms with van der Waals surface area (Å²) in [5.41, 5.74) is 1.13. The maximum Gasteiger partial charge on any atom is 0.246 e. The molecule has 1 aromatic carbocycles. The van der Waals surface area contributed by atoms with Crippen molar-refractivity contribution < 1.29 is 18.7 Å². The number of hydrogen-bond donors (Lipinski definition) is 3. The highest BCUT2D eigenvalue weighted by molar-refractivity contribution is 5.91. The van der Waals surface area contributed by atoms with E-state index >= 15 is 0 Å². The smallest absolute Gasteiger partial charge is 0.246 e. The Balaban J connectivity index is 1.56. The summed E-state index contributed by atoms with van der Waals surface area (Å²) in [5, 5.41) is 9.08. The van der Waals surface area contributed by atoms with Crippen LogP contribution in [0.15, 0.2) is 36.5 Å². The second-order valence-corrected chi connectivity index (χ2v) is 9.94. The molecule has 1 aliphatic carbocycles. The SMILES string of the molecule is CNc1nc(Nc2ccc(OC)c(F)c2)ncc1C#C[C@@H]1CCC[C@H](NC(=O)CN(C)C(=O)/C=C/CN(C)C)C1. The lowest BCUT2D eigenvalue weighted by Gasteiger charge is -2.27. The lowest BCUT2D eigenvalue weighted by Crippen LogP contribution is -2.44. The van der Waals surface area contributed by atoms with Gasteiger partial charge in [0.25, 0.3) is 0 Å². The minimum atomic E-state index is -0.487. The van der Waals surface area contributed by atoms with Crippen molar-refractivity contribution in [1.29, 1.82) is 0 Å². The van der Waals surface area contributed by atoms with E-state index in [2.05, 4.69) is 37.8 Å². The van der Waals surface area contributed by atoms with Crippen LogP contribution in [-0.2, 0) is 9.59 Å². The molecule has 0 bridgehead atoms. The Bertz CT molecular complexity index is 1270. The number of ether oxygens (including phenoxy) is 1. The highest BCUT2D eigenvalue weighted by Crippen LogP contribution is 2.25. The molecule has 3 rings (SSSR count). The summed E-state index contributed by atoms with van der Waals surface area (Å²) in [4.78, 5) is 36.9. The molecule has 2 atom stereocenters. The zero-order chi connectivity index (χ0) is 29.1. The van der Waals surface area contributed by atoms with Gasteiger partial charge in [-0.2, -0.15) is 4.98 Å². The number of nitrogens with one attached hydrogen (secondary N) is 3. The zero-order valence-corrected chi connectivity index (χ0v) is 23.8. The molecule has 40 heavy (non-hydrogen) atoms. The minimum Gasteiger partial charge on any atom is -0.494 e. The van der Waals surface area contributed by atoms with Crippen LogP contribution in [0.2, 0.25) is 0 Å². The number of amides is 2. The number of halogens is 1. The molecule has 2 amide bonds. The van der Waals surface area contributed by atoms with E-state index in [9.17, 15) is 14.0 Å². The number of aromatic nitrogens is 2. The Morgan fingerprint density at radius 1 is 1.25 bits per heavy atom. The third kappa shape index (κ3) is 9.24. The number of benzene rings is 1. The molecule has 3 N–H and O–H groups in total. The summed E-state index contributed by atoms with van der Waals surface area (Å²) in [6.45, 7) is 0.661. The summed E-state index contributed by atoms with van der Waals surface area (Å²) in [6.07, 6.45) is 8.38. The van der Waals surface area contributed by atoms with Gasteiger partial charge >= 0.3 is 0 Å². The number of methoxy groups -OCH3 is 1. The summed E-state index contributed by atoms with van der Waals surface area (Å²) >= 11 is 0. The van der Waals surface area contributed by atoms with Crippen molar-refractivity contribution in [3.8, 4) is 17.6 Å². The largest absolute Gasteiger partial charge is 0.494 e. The van der Waals surface area contributed by atoms with Crippen molar-refractivity contribution in [3.63, 3.8) is 0 Å². The van der Waals surface area contributed by atoms with Crippen LogP contribution in [0.5, 0.6) is 5.75 Å². The van der Waals surface area contributed by atoms with Gasteiger partial charge in [-0.3, -0.25) is 9.59 Å². The summed E-state index contributed by atoms with van der Waals surface area (Å²) in [6, 6.07) is 4.52. The van der Waals surface area contributed by atoms with Crippen LogP contribution in [0.1, 0.15) is 31.2 Å². The normalized spacial score (nSPS) is 16.7. The first-order valence-electron chi connectivity index (χ1n) is 13.2. The average molecular weight is 552 g/mol. The molecular weight excluding hydrogens is 513 g/mol. The van der Waals surface area contributed by atoms with Crippen LogP contribution in [0.4, 0.5) is 21.8 Å². The fraction of sp³-hybridized carbons (Fsp3) is 0.448. The molecule has 10 nitrogen and oxygen atoms in total. The third-order valence-electron chi connectivity index (χ3n) is 6.37. The van der Waals surface area contributed by atoms with Crippen LogP contribution >= 0.6 is 0 Å². The molecule has 0 aliphatic heterocycles. The van der Waals surface area contributed by atoms with E-state index < -0.39 is 5.82 Å². The Hall–Kier alpha value is -4.17. The summed E-state index contributed by atoms with van der Waals surface area (Å²) in [7, 11) is 8.62. The van der Waals surface area contributed by atoms with E-state index in [1.165, 1.54) is 30.2 Å². The van der Waals surface area contributed by atoms with Crippen molar-refractivity contribution in [2.45, 2.75) is 31.7 Å². The topological polar surface area (TPSA) is 112 Å². The predicted molar refractivity (Wildman–Crippen MR) is 154 cm³/mol. The first-order chi connectivity index (χ1) is 19.2. The van der Waals surface area contributed by atoms with Gasteiger partial charge in [0, 0.05) is 50.4 Å². The van der Waals surface area contributed by atoms with E-state index in [0.29, 0.717) is 29.6 Å². The minimum absolute atomic E-state index is 0.00437. The number of nitrogens with zero attached hydrogens (tertiary/aromatic N) is 4. The van der Waals surface area contributed by atoms with Crippen LogP contribution in [0, 0.1) is 23.6 Å². The van der Waals surface area contributed by atoms with Gasteiger partial charge < -0.3 is 30.5 Å². The Labute approximate surface area is 235 Å². The fourth-order valence-electron chi connectivity index (χ4n) is 4.29. The van der Waals surface area contributed by atoms with Crippen LogP contribution in [0.3, 0.4) is 0 Å². The van der Waals surface area contributed by atoms with Crippen molar-refractivity contribution in [3.05, 3.63) is 47.9 Å². The fourth-order valence-corrected chi connectivity index (χ4v) is 4.29. The lowest BCUT2D eigenvalue weighted by atomic mass is 9.86. The molecule has 1 heterocycles. The van der Waals surface area contributed by atoms with E-state index in [-0.39, 0.29) is 36.1 Å². The van der Waals surface area contributed by atoms with Crippen molar-refractivity contribution >= 4 is 29.3 Å². The van der Waals surface area contributed by atoms with Gasteiger partial charge in [-0.15, -0.1) is 0 Å². The molecule has 1 aliphatic rings. The molecule has 1 aromatic heterocycles. The second kappa shape index (κ2) is 14.8. The maximum atomic E-state index is 14.0. The molecule has 0 saturated heterocycles. The standard InChI is InChI=1S/C29H38FN7O3/c1-31-28-21(18-32-29(35-28)34-23-13-14-25(40-5)24(30)17-23)12-11-20-8-6-9-22(16-20)33-26(38)19-37(4)27(39)10-7-15-36(2)3/h7,10,13-14,17-18,20,22H,6,8-9,15-16,19H2,1-5H3,(H,33,38)(H2,31,32,34,35)/b10-7+/t20-,22-/m0/s1. The Morgan fingerprint density at radius 3 is 2.75 bits per heavy atom. The lowest BCUT2D eigenvalue weighted by molar-refractivity contribution is -0.131. The number of carbonyl (C=O) groups excluding carboxylic acids is 2. The number of rotatable bonds is 10. The van der Waals surface area contributed by atoms with Gasteiger partial charge in [-0.05, 0) is 45.5 Å². The Kier molecular flexibility index (Phi) is 11.3. The molecule has 0 radical (unpaired) electrons. The van der Waals surface area contributed by atoms with Crippen LogP contribution in [0.25, 0.3) is 0 Å². The van der Waals surface area contributed by atoms with Crippen LogP contribution in [-0.4, -0.2) is 86.0 Å². The number of carbonyl (C=O) groups is 2. The highest BCUT2D eigenvalue weighted by Gasteiger charge is 2.23. The van der Waals surface area contributed by atoms with Crippen molar-refractivity contribution in [2.75, 3.05) is 59.0 Å². The summed E-state index contributed by atoms with van der Waals surface area (Å²) in [5.74, 6) is 6.74. The monoisotopic (exact) mass is 551 g/mol. The molecule has 1 saturated carbocycles. The molecule has 11 heteroatoms. The Morgan fingerprint density at radius 2 is 2.05 bits per heavy atom. The quantitative estimate of drug-likeness (QED) is 0.305. The first-order valence-corrected chi connectivity index (χ1v) is 13.2. The van der Waals surface area contributed by atoms with Crippen molar-refractivity contribution in [2.24, 2.45) is 5.92 Å². The third-order valence-corrected chi connectivity index (χ3v) is 6.37. The number of anilines is 3. The van der Waals surface area contributed by atoms with Gasteiger partial charge in [0.15, 0.2) is 11.6 Å². The van der Waals surface area contributed by atoms with E-state index in [0.717, 1.165) is 25.7 Å². The molecule has 0 unspecified atom stereocenters. The van der Waals surface area contributed by atoms with Gasteiger partial charge in [0.2, 0.25) is 17.8 Å². The number of likely N-dealkylation sites (N-methyl/N-ethyl adjacent to an activating group) is 2. The van der Waals surface area contributed by atoms with Gasteiger partial charge in [0.1, 0.15) is 5.82 Å². The second-order valence-electron chi connectivity index (χ2n) is 9.94. The molecule has 0 spiro atoms. The summed E-state index contributed by atoms with van der Waals surface area (Å²) < 4.78 is 19.0. The van der Waals surface area contributed by atoms with Gasteiger partial charge in [0.05, 0.1) is 25.4 Å². The van der Waals surface area contributed by atoms with Gasteiger partial charge in [-0.25, -0.2) is 9.37 Å². The maximum absolute atomic E-state index is 14.0. The van der Waals surface area contributed by atoms with Crippen molar-refractivity contribution in [1.82, 2.24) is 25.1 Å². The molecular formula is C29H38FN7O3. The average Bonchev–Trinajstić information content (AvgIpc) is 2.92. The highest BCUT2D eigenvalue weighted by atomic mass is 19.1. The molecule has 214 valence electrons. The van der Waals surface area contributed by atoms with E-state index in [1.807, 2.05) is 19.0 Å². The van der Waals surface area contributed by atoms with E-state index in [4.69, 9.17) is 4.74 Å². The van der Waals surface area contributed by atoms with E-state index in [1.54, 1.807) is 32.4 Å².